The van der Waals surface area contributed by atoms with Crippen LogP contribution in [0.2, 0.25) is 0 Å². The van der Waals surface area contributed by atoms with Crippen LogP contribution in [0.3, 0.4) is 0 Å². The molecular formula is C22H34N2O6. The van der Waals surface area contributed by atoms with Crippen molar-refractivity contribution in [1.82, 2.24) is 10.2 Å². The predicted octanol–water partition coefficient (Wildman–Crippen LogP) is 3.16. The molecule has 168 valence electrons. The number of hydrogen-bond acceptors (Lipinski definition) is 6. The van der Waals surface area contributed by atoms with Gasteiger partial charge in [0, 0.05) is 19.1 Å². The van der Waals surface area contributed by atoms with Crippen LogP contribution in [0.4, 0.5) is 4.79 Å². The number of nitrogens with zero attached hydrogens (tertiary/aromatic N) is 1. The number of methoxy groups -OCH3 is 3. The number of alkyl carbamates (subject to hydrolysis) is 1. The molecule has 0 bridgehead atoms. The molecule has 1 heterocycles. The Morgan fingerprint density at radius 1 is 1.07 bits per heavy atom. The number of hydrogen-bond donors (Lipinski definition) is 1. The van der Waals surface area contributed by atoms with Crippen LogP contribution in [0.15, 0.2) is 12.1 Å². The van der Waals surface area contributed by atoms with Gasteiger partial charge in [0.25, 0.3) is 0 Å². The summed E-state index contributed by atoms with van der Waals surface area (Å²) in [5.41, 5.74) is 0.220. The van der Waals surface area contributed by atoms with Crippen molar-refractivity contribution in [3.8, 4) is 17.2 Å². The fourth-order valence-electron chi connectivity index (χ4n) is 3.57. The highest BCUT2D eigenvalue weighted by Gasteiger charge is 2.28. The topological polar surface area (TPSA) is 86.3 Å². The van der Waals surface area contributed by atoms with Crippen molar-refractivity contribution in [3.63, 3.8) is 0 Å². The molecule has 1 aromatic carbocycles. The van der Waals surface area contributed by atoms with E-state index in [0.717, 1.165) is 24.8 Å². The van der Waals surface area contributed by atoms with Crippen LogP contribution in [0.5, 0.6) is 17.2 Å². The standard InChI is InChI=1S/C22H34N2O6/c1-22(2,3)30-21(26)23-14-16-9-7-8-10-24(16)19(25)13-15-11-17(27-4)20(29-6)18(12-15)28-5/h11-12,16H,7-10,13-14H2,1-6H3,(H,23,26). The maximum atomic E-state index is 13.1. The Labute approximate surface area is 178 Å². The second-order valence-corrected chi connectivity index (χ2v) is 8.33. The molecule has 1 aromatic rings. The number of rotatable bonds is 7. The summed E-state index contributed by atoms with van der Waals surface area (Å²) in [7, 11) is 4.64. The third-order valence-electron chi connectivity index (χ3n) is 4.91. The fourth-order valence-corrected chi connectivity index (χ4v) is 3.57. The summed E-state index contributed by atoms with van der Waals surface area (Å²) >= 11 is 0. The molecule has 1 aliphatic heterocycles. The van der Waals surface area contributed by atoms with Crippen molar-refractivity contribution in [1.29, 1.82) is 0 Å². The number of piperidine rings is 1. The molecule has 2 rings (SSSR count). The smallest absolute Gasteiger partial charge is 0.407 e. The summed E-state index contributed by atoms with van der Waals surface area (Å²) in [4.78, 5) is 26.9. The highest BCUT2D eigenvalue weighted by molar-refractivity contribution is 5.80. The summed E-state index contributed by atoms with van der Waals surface area (Å²) < 4.78 is 21.4. The van der Waals surface area contributed by atoms with Gasteiger partial charge in [-0.05, 0) is 57.7 Å². The lowest BCUT2D eigenvalue weighted by Gasteiger charge is -2.36. The Morgan fingerprint density at radius 2 is 1.70 bits per heavy atom. The van der Waals surface area contributed by atoms with Gasteiger partial charge in [-0.2, -0.15) is 0 Å². The van der Waals surface area contributed by atoms with Gasteiger partial charge in [-0.25, -0.2) is 4.79 Å². The van der Waals surface area contributed by atoms with Crippen molar-refractivity contribution in [2.75, 3.05) is 34.4 Å². The van der Waals surface area contributed by atoms with Gasteiger partial charge in [-0.1, -0.05) is 0 Å². The van der Waals surface area contributed by atoms with E-state index in [1.54, 1.807) is 33.5 Å². The lowest BCUT2D eigenvalue weighted by Crippen LogP contribution is -2.50. The summed E-state index contributed by atoms with van der Waals surface area (Å²) in [5.74, 6) is 1.52. The van der Waals surface area contributed by atoms with Gasteiger partial charge in [0.15, 0.2) is 11.5 Å². The second kappa shape index (κ2) is 10.4. The van der Waals surface area contributed by atoms with Gasteiger partial charge >= 0.3 is 6.09 Å². The molecular weight excluding hydrogens is 388 g/mol. The van der Waals surface area contributed by atoms with Crippen molar-refractivity contribution in [3.05, 3.63) is 17.7 Å². The van der Waals surface area contributed by atoms with Crippen molar-refractivity contribution < 1.29 is 28.5 Å². The molecule has 1 saturated heterocycles. The van der Waals surface area contributed by atoms with Gasteiger partial charge in [-0.3, -0.25) is 4.79 Å². The molecule has 2 amide bonds. The van der Waals surface area contributed by atoms with E-state index in [2.05, 4.69) is 5.32 Å². The van der Waals surface area contributed by atoms with E-state index in [1.807, 2.05) is 25.7 Å². The zero-order valence-corrected chi connectivity index (χ0v) is 18.9. The van der Waals surface area contributed by atoms with Crippen molar-refractivity contribution in [2.45, 2.75) is 58.1 Å². The molecule has 8 heteroatoms. The van der Waals surface area contributed by atoms with E-state index in [1.165, 1.54) is 0 Å². The largest absolute Gasteiger partial charge is 0.493 e. The molecule has 1 fully saturated rings. The Bertz CT molecular complexity index is 719. The molecule has 30 heavy (non-hydrogen) atoms. The average molecular weight is 423 g/mol. The molecule has 0 aliphatic carbocycles. The maximum Gasteiger partial charge on any atom is 0.407 e. The van der Waals surface area contributed by atoms with Crippen LogP contribution in [0, 0.1) is 0 Å². The molecule has 1 unspecified atom stereocenters. The normalized spacial score (nSPS) is 16.6. The average Bonchev–Trinajstić information content (AvgIpc) is 2.70. The fraction of sp³-hybridized carbons (Fsp3) is 0.636. The van der Waals surface area contributed by atoms with E-state index in [-0.39, 0.29) is 18.4 Å². The molecule has 1 atom stereocenters. The maximum absolute atomic E-state index is 13.1. The number of amides is 2. The third kappa shape index (κ3) is 6.43. The Morgan fingerprint density at radius 3 is 2.23 bits per heavy atom. The van der Waals surface area contributed by atoms with Crippen LogP contribution in [0.1, 0.15) is 45.6 Å². The molecule has 0 aromatic heterocycles. The number of benzene rings is 1. The lowest BCUT2D eigenvalue weighted by atomic mass is 10.0. The van der Waals surface area contributed by atoms with Gasteiger partial charge in [-0.15, -0.1) is 0 Å². The molecule has 0 saturated carbocycles. The van der Waals surface area contributed by atoms with Gasteiger partial charge < -0.3 is 29.2 Å². The monoisotopic (exact) mass is 422 g/mol. The van der Waals surface area contributed by atoms with Crippen LogP contribution in [-0.4, -0.2) is 63.0 Å². The van der Waals surface area contributed by atoms with Crippen LogP contribution < -0.4 is 19.5 Å². The quantitative estimate of drug-likeness (QED) is 0.726. The summed E-state index contributed by atoms with van der Waals surface area (Å²) in [6.07, 6.45) is 2.56. The summed E-state index contributed by atoms with van der Waals surface area (Å²) in [5, 5.41) is 2.80. The van der Waals surface area contributed by atoms with Crippen molar-refractivity contribution in [2.24, 2.45) is 0 Å². The van der Waals surface area contributed by atoms with E-state index in [0.29, 0.717) is 30.3 Å². The predicted molar refractivity (Wildman–Crippen MR) is 113 cm³/mol. The number of ether oxygens (including phenoxy) is 4. The Kier molecular flexibility index (Phi) is 8.20. The van der Waals surface area contributed by atoms with E-state index in [4.69, 9.17) is 18.9 Å². The highest BCUT2D eigenvalue weighted by Crippen LogP contribution is 2.38. The first-order valence-electron chi connectivity index (χ1n) is 10.2. The molecule has 8 nitrogen and oxygen atoms in total. The van der Waals surface area contributed by atoms with Crippen LogP contribution in [0.25, 0.3) is 0 Å². The number of nitrogens with one attached hydrogen (secondary N) is 1. The molecule has 1 aliphatic rings. The molecule has 0 spiro atoms. The number of carbonyl (C=O) groups is 2. The third-order valence-corrected chi connectivity index (χ3v) is 4.91. The Hall–Kier alpha value is -2.64. The summed E-state index contributed by atoms with van der Waals surface area (Å²) in [6, 6.07) is 3.52. The van der Waals surface area contributed by atoms with Gasteiger partial charge in [0.2, 0.25) is 11.7 Å². The highest BCUT2D eigenvalue weighted by atomic mass is 16.6. The first-order chi connectivity index (χ1) is 14.2. The first kappa shape index (κ1) is 23.6. The lowest BCUT2D eigenvalue weighted by molar-refractivity contribution is -0.134. The molecule has 0 radical (unpaired) electrons. The first-order valence-corrected chi connectivity index (χ1v) is 10.2. The van der Waals surface area contributed by atoms with Crippen molar-refractivity contribution >= 4 is 12.0 Å². The SMILES string of the molecule is COc1cc(CC(=O)N2CCCCC2CNC(=O)OC(C)(C)C)cc(OC)c1OC. The zero-order valence-electron chi connectivity index (χ0n) is 18.9. The van der Waals surface area contributed by atoms with Gasteiger partial charge in [0.05, 0.1) is 27.8 Å². The van der Waals surface area contributed by atoms with Gasteiger partial charge in [0.1, 0.15) is 5.60 Å². The van der Waals surface area contributed by atoms with E-state index >= 15 is 0 Å². The van der Waals surface area contributed by atoms with E-state index in [9.17, 15) is 9.59 Å². The van der Waals surface area contributed by atoms with Crippen LogP contribution >= 0.6 is 0 Å². The second-order valence-electron chi connectivity index (χ2n) is 8.33. The number of likely N-dealkylation sites (tertiary alicyclic amines) is 1. The minimum absolute atomic E-state index is 0.0000355. The van der Waals surface area contributed by atoms with Crippen LogP contribution in [-0.2, 0) is 16.0 Å². The van der Waals surface area contributed by atoms with E-state index < -0.39 is 11.7 Å². The summed E-state index contributed by atoms with van der Waals surface area (Å²) in [6.45, 7) is 6.50. The number of carbonyl (C=O) groups excluding carboxylic acids is 2. The minimum atomic E-state index is -0.557. The Balaban J connectivity index is 2.07. The minimum Gasteiger partial charge on any atom is -0.493 e. The molecule has 1 N–H and O–H groups in total. The zero-order chi connectivity index (χ0) is 22.3.